The van der Waals surface area contributed by atoms with Gasteiger partial charge in [0.2, 0.25) is 10.0 Å². The molecule has 0 spiro atoms. The minimum Gasteiger partial charge on any atom is -0.459 e. The van der Waals surface area contributed by atoms with Crippen molar-refractivity contribution >= 4 is 44.1 Å². The van der Waals surface area contributed by atoms with Crippen LogP contribution in [0.5, 0.6) is 0 Å². The van der Waals surface area contributed by atoms with Crippen molar-refractivity contribution in [2.75, 3.05) is 25.1 Å². The molecule has 190 valence electrons. The highest BCUT2D eigenvalue weighted by atomic mass is 32.2. The van der Waals surface area contributed by atoms with E-state index < -0.39 is 39.2 Å². The summed E-state index contributed by atoms with van der Waals surface area (Å²) in [5, 5.41) is 5.83. The van der Waals surface area contributed by atoms with Gasteiger partial charge in [-0.05, 0) is 32.9 Å². The lowest BCUT2D eigenvalue weighted by Gasteiger charge is -2.19. The van der Waals surface area contributed by atoms with E-state index in [-0.39, 0.29) is 27.4 Å². The molecule has 14 heteroatoms. The summed E-state index contributed by atoms with van der Waals surface area (Å²) in [6, 6.07) is 5.21. The number of nitrogens with one attached hydrogen (secondary N) is 2. The average Bonchev–Trinajstić information content (AvgIpc) is 3.43. The van der Waals surface area contributed by atoms with Gasteiger partial charge < -0.3 is 14.3 Å². The second-order valence-corrected chi connectivity index (χ2v) is 11.1. The number of anilines is 1. The molecule has 0 bridgehead atoms. The summed E-state index contributed by atoms with van der Waals surface area (Å²) in [7, 11) is -4.03. The van der Waals surface area contributed by atoms with Gasteiger partial charge in [0.1, 0.15) is 12.1 Å². The van der Waals surface area contributed by atoms with Crippen LogP contribution in [0.4, 0.5) is 9.52 Å². The molecule has 1 atom stereocenters. The van der Waals surface area contributed by atoms with E-state index in [0.29, 0.717) is 31.0 Å². The summed E-state index contributed by atoms with van der Waals surface area (Å²) >= 11 is 0.638. The van der Waals surface area contributed by atoms with Crippen LogP contribution in [-0.4, -0.2) is 62.5 Å². The highest BCUT2D eigenvalue weighted by molar-refractivity contribution is 7.89. The molecule has 1 saturated heterocycles. The van der Waals surface area contributed by atoms with Crippen LogP contribution in [0.3, 0.4) is 0 Å². The Balaban J connectivity index is 1.76. The van der Waals surface area contributed by atoms with Crippen LogP contribution in [-0.2, 0) is 33.9 Å². The normalized spacial score (nSPS) is 16.7. The smallest absolute Gasteiger partial charge is 0.321 e. The molecule has 0 aliphatic carbocycles. The SMILES string of the molecule is CC(C)(C)OC(=O)CNS(=O)(=O)c1ccc(/C(=N\O[C@@H]2CCOC2)C(=O)Nc2ncc(F)s2)cc1. The number of nitrogens with zero attached hydrogens (tertiary/aromatic N) is 2. The number of halogens is 1. The predicted octanol–water partition coefficient (Wildman–Crippen LogP) is 2.05. The minimum atomic E-state index is -4.03. The standard InChI is InChI=1S/C21H25FN4O7S2/c1-21(2,3)32-17(27)11-24-35(29,30)15-6-4-13(5-7-15)18(26-33-14-8-9-31-12-14)19(28)25-20-23-10-16(22)34-20/h4-7,10,14,24H,8-9,11-12H2,1-3H3,(H,23,25,28)/b26-18+/t14-/m1/s1. The van der Waals surface area contributed by atoms with Crippen molar-refractivity contribution in [3.63, 3.8) is 0 Å². The van der Waals surface area contributed by atoms with E-state index in [1.807, 2.05) is 0 Å². The molecule has 0 saturated carbocycles. The van der Waals surface area contributed by atoms with Crippen LogP contribution < -0.4 is 10.0 Å². The van der Waals surface area contributed by atoms with Crippen LogP contribution in [0.25, 0.3) is 0 Å². The highest BCUT2D eigenvalue weighted by Crippen LogP contribution is 2.18. The van der Waals surface area contributed by atoms with Crippen molar-refractivity contribution in [3.8, 4) is 0 Å². The third kappa shape index (κ3) is 8.06. The molecule has 1 aliphatic rings. The summed E-state index contributed by atoms with van der Waals surface area (Å²) in [6.07, 6.45) is 1.22. The van der Waals surface area contributed by atoms with E-state index in [9.17, 15) is 22.4 Å². The molecule has 0 unspecified atom stereocenters. The van der Waals surface area contributed by atoms with Gasteiger partial charge in [-0.3, -0.25) is 14.9 Å². The number of hydrogen-bond acceptors (Lipinski definition) is 10. The third-order valence-corrected chi connectivity index (χ3v) is 6.48. The van der Waals surface area contributed by atoms with E-state index in [4.69, 9.17) is 14.3 Å². The van der Waals surface area contributed by atoms with E-state index in [0.717, 1.165) is 6.20 Å². The van der Waals surface area contributed by atoms with Gasteiger partial charge >= 0.3 is 5.97 Å². The van der Waals surface area contributed by atoms with Gasteiger partial charge in [-0.15, -0.1) is 0 Å². The first kappa shape index (κ1) is 26.7. The molecular weight excluding hydrogens is 503 g/mol. The predicted molar refractivity (Wildman–Crippen MR) is 125 cm³/mol. The molecule has 1 aliphatic heterocycles. The maximum absolute atomic E-state index is 13.2. The Kier molecular flexibility index (Phi) is 8.53. The Bertz CT molecular complexity index is 1190. The maximum Gasteiger partial charge on any atom is 0.321 e. The lowest BCUT2D eigenvalue weighted by molar-refractivity contribution is -0.153. The van der Waals surface area contributed by atoms with Gasteiger partial charge in [0.25, 0.3) is 5.91 Å². The summed E-state index contributed by atoms with van der Waals surface area (Å²) in [5.41, 5.74) is -0.680. The lowest BCUT2D eigenvalue weighted by Crippen LogP contribution is -2.34. The number of sulfonamides is 1. The number of hydrogen-bond donors (Lipinski definition) is 2. The highest BCUT2D eigenvalue weighted by Gasteiger charge is 2.23. The molecule has 3 rings (SSSR count). The molecule has 35 heavy (non-hydrogen) atoms. The van der Waals surface area contributed by atoms with Crippen LogP contribution in [0.1, 0.15) is 32.8 Å². The first-order chi connectivity index (χ1) is 16.4. The first-order valence-electron chi connectivity index (χ1n) is 10.5. The van der Waals surface area contributed by atoms with Gasteiger partial charge in [0.05, 0.1) is 24.3 Å². The second-order valence-electron chi connectivity index (χ2n) is 8.39. The van der Waals surface area contributed by atoms with Crippen molar-refractivity contribution in [2.24, 2.45) is 5.16 Å². The quantitative estimate of drug-likeness (QED) is 0.286. The fourth-order valence-electron chi connectivity index (χ4n) is 2.82. The Labute approximate surface area is 205 Å². The van der Waals surface area contributed by atoms with Crippen LogP contribution >= 0.6 is 11.3 Å². The topological polar surface area (TPSA) is 145 Å². The second kappa shape index (κ2) is 11.2. The number of esters is 1. The van der Waals surface area contributed by atoms with Gasteiger partial charge in [-0.25, -0.2) is 13.4 Å². The Hall–Kier alpha value is -2.94. The number of benzene rings is 1. The lowest BCUT2D eigenvalue weighted by atomic mass is 10.1. The number of carbonyl (C=O) groups excluding carboxylic acids is 2. The molecular formula is C21H25FN4O7S2. The summed E-state index contributed by atoms with van der Waals surface area (Å²) in [5.74, 6) is -1.45. The largest absolute Gasteiger partial charge is 0.459 e. The van der Waals surface area contributed by atoms with Crippen LogP contribution in [0, 0.1) is 5.13 Å². The molecule has 1 aromatic heterocycles. The number of amides is 1. The molecule has 1 amide bonds. The summed E-state index contributed by atoms with van der Waals surface area (Å²) < 4.78 is 50.8. The van der Waals surface area contributed by atoms with E-state index in [2.05, 4.69) is 20.2 Å². The van der Waals surface area contributed by atoms with Crippen molar-refractivity contribution in [3.05, 3.63) is 41.2 Å². The maximum atomic E-state index is 13.2. The van der Waals surface area contributed by atoms with Gasteiger partial charge in [0.15, 0.2) is 22.1 Å². The molecule has 2 N–H and O–H groups in total. The van der Waals surface area contributed by atoms with Crippen molar-refractivity contribution in [1.82, 2.24) is 9.71 Å². The monoisotopic (exact) mass is 528 g/mol. The molecule has 11 nitrogen and oxygen atoms in total. The number of carbonyl (C=O) groups is 2. The van der Waals surface area contributed by atoms with Gasteiger partial charge in [0, 0.05) is 12.0 Å². The molecule has 0 radical (unpaired) electrons. The number of ether oxygens (including phenoxy) is 2. The Morgan fingerprint density at radius 1 is 1.29 bits per heavy atom. The zero-order chi connectivity index (χ0) is 25.6. The van der Waals surface area contributed by atoms with Crippen LogP contribution in [0.2, 0.25) is 0 Å². The van der Waals surface area contributed by atoms with Crippen LogP contribution in [0.15, 0.2) is 40.5 Å². The van der Waals surface area contributed by atoms with Crippen molar-refractivity contribution < 1.29 is 36.7 Å². The van der Waals surface area contributed by atoms with E-state index in [1.54, 1.807) is 20.8 Å². The number of oxime groups is 1. The van der Waals surface area contributed by atoms with E-state index in [1.165, 1.54) is 24.3 Å². The van der Waals surface area contributed by atoms with Crippen molar-refractivity contribution in [2.45, 2.75) is 43.8 Å². The summed E-state index contributed by atoms with van der Waals surface area (Å²) in [6.45, 7) is 5.28. The third-order valence-electron chi connectivity index (χ3n) is 4.36. The average molecular weight is 529 g/mol. The zero-order valence-corrected chi connectivity index (χ0v) is 20.9. The summed E-state index contributed by atoms with van der Waals surface area (Å²) in [4.78, 5) is 33.7. The Morgan fingerprint density at radius 3 is 2.57 bits per heavy atom. The van der Waals surface area contributed by atoms with Gasteiger partial charge in [-0.2, -0.15) is 9.11 Å². The van der Waals surface area contributed by atoms with E-state index >= 15 is 0 Å². The molecule has 2 heterocycles. The number of rotatable bonds is 9. The van der Waals surface area contributed by atoms with Crippen molar-refractivity contribution in [1.29, 1.82) is 0 Å². The number of thiazole rings is 1. The fourth-order valence-corrected chi connectivity index (χ4v) is 4.33. The molecule has 1 aromatic carbocycles. The number of aromatic nitrogens is 1. The minimum absolute atomic E-state index is 0.0231. The van der Waals surface area contributed by atoms with Gasteiger partial charge in [-0.1, -0.05) is 28.6 Å². The zero-order valence-electron chi connectivity index (χ0n) is 19.2. The Morgan fingerprint density at radius 2 is 2.00 bits per heavy atom. The molecule has 1 fully saturated rings. The molecule has 2 aromatic rings. The fraction of sp³-hybridized carbons (Fsp3) is 0.429. The first-order valence-corrected chi connectivity index (χ1v) is 12.8.